The van der Waals surface area contributed by atoms with E-state index in [1.54, 1.807) is 7.11 Å². The van der Waals surface area contributed by atoms with Crippen LogP contribution in [0.3, 0.4) is 0 Å². The zero-order chi connectivity index (χ0) is 13.9. The lowest BCUT2D eigenvalue weighted by atomic mass is 9.77. The first-order valence-electron chi connectivity index (χ1n) is 7.16. The lowest BCUT2D eigenvalue weighted by Crippen LogP contribution is -2.38. The molecule has 1 aliphatic carbocycles. The van der Waals surface area contributed by atoms with Gasteiger partial charge in [0.05, 0.1) is 7.11 Å². The molecular weight excluding hydrogens is 236 g/mol. The van der Waals surface area contributed by atoms with Gasteiger partial charge in [-0.1, -0.05) is 25.3 Å². The first kappa shape index (κ1) is 14.4. The predicted molar refractivity (Wildman–Crippen MR) is 79.3 cm³/mol. The Morgan fingerprint density at radius 2 is 1.89 bits per heavy atom. The highest BCUT2D eigenvalue weighted by Gasteiger charge is 2.29. The SMILES string of the molecule is COc1ccc(C2(N)CCCCC2)cc1CN(C)C. The van der Waals surface area contributed by atoms with E-state index in [-0.39, 0.29) is 5.54 Å². The van der Waals surface area contributed by atoms with E-state index in [0.717, 1.165) is 25.1 Å². The number of hydrogen-bond acceptors (Lipinski definition) is 3. The van der Waals surface area contributed by atoms with Crippen molar-refractivity contribution in [1.82, 2.24) is 4.90 Å². The van der Waals surface area contributed by atoms with E-state index in [9.17, 15) is 0 Å². The third-order valence-corrected chi connectivity index (χ3v) is 4.09. The summed E-state index contributed by atoms with van der Waals surface area (Å²) in [6.45, 7) is 0.882. The summed E-state index contributed by atoms with van der Waals surface area (Å²) in [5.41, 5.74) is 8.97. The number of methoxy groups -OCH3 is 1. The minimum atomic E-state index is -0.133. The molecule has 1 aromatic carbocycles. The van der Waals surface area contributed by atoms with Gasteiger partial charge in [-0.2, -0.15) is 0 Å². The maximum absolute atomic E-state index is 6.62. The molecule has 1 saturated carbocycles. The molecule has 106 valence electrons. The normalized spacial score (nSPS) is 18.6. The quantitative estimate of drug-likeness (QED) is 0.906. The van der Waals surface area contributed by atoms with E-state index in [4.69, 9.17) is 10.5 Å². The van der Waals surface area contributed by atoms with Gasteiger partial charge in [0, 0.05) is 17.6 Å². The maximum atomic E-state index is 6.62. The van der Waals surface area contributed by atoms with Crippen molar-refractivity contribution >= 4 is 0 Å². The van der Waals surface area contributed by atoms with E-state index < -0.39 is 0 Å². The van der Waals surface area contributed by atoms with Crippen LogP contribution in [0.5, 0.6) is 5.75 Å². The van der Waals surface area contributed by atoms with E-state index >= 15 is 0 Å². The molecule has 2 N–H and O–H groups in total. The van der Waals surface area contributed by atoms with Crippen LogP contribution in [0.15, 0.2) is 18.2 Å². The van der Waals surface area contributed by atoms with Crippen LogP contribution in [0.25, 0.3) is 0 Å². The van der Waals surface area contributed by atoms with Crippen LogP contribution in [0.4, 0.5) is 0 Å². The van der Waals surface area contributed by atoms with Crippen molar-refractivity contribution in [2.75, 3.05) is 21.2 Å². The standard InChI is InChI=1S/C16H26N2O/c1-18(2)12-13-11-14(7-8-15(13)19-3)16(17)9-5-4-6-10-16/h7-8,11H,4-6,9-10,12,17H2,1-3H3. The number of ether oxygens (including phenoxy) is 1. The molecule has 0 saturated heterocycles. The Bertz CT molecular complexity index is 423. The van der Waals surface area contributed by atoms with Crippen molar-refractivity contribution in [3.05, 3.63) is 29.3 Å². The number of rotatable bonds is 4. The highest BCUT2D eigenvalue weighted by Crippen LogP contribution is 2.36. The molecule has 0 amide bonds. The number of nitrogens with two attached hydrogens (primary N) is 1. The van der Waals surface area contributed by atoms with E-state index in [1.165, 1.54) is 30.4 Å². The molecule has 1 fully saturated rings. The van der Waals surface area contributed by atoms with Crippen molar-refractivity contribution in [2.45, 2.75) is 44.2 Å². The predicted octanol–water partition coefficient (Wildman–Crippen LogP) is 2.87. The molecule has 0 unspecified atom stereocenters. The van der Waals surface area contributed by atoms with E-state index in [1.807, 2.05) is 0 Å². The fraction of sp³-hybridized carbons (Fsp3) is 0.625. The van der Waals surface area contributed by atoms with Crippen LogP contribution in [-0.4, -0.2) is 26.1 Å². The summed E-state index contributed by atoms with van der Waals surface area (Å²) >= 11 is 0. The molecule has 1 aliphatic rings. The van der Waals surface area contributed by atoms with Gasteiger partial charge in [-0.3, -0.25) is 0 Å². The van der Waals surface area contributed by atoms with Gasteiger partial charge in [0.25, 0.3) is 0 Å². The number of benzene rings is 1. The smallest absolute Gasteiger partial charge is 0.123 e. The third kappa shape index (κ3) is 3.28. The molecule has 0 atom stereocenters. The van der Waals surface area contributed by atoms with Crippen molar-refractivity contribution in [1.29, 1.82) is 0 Å². The van der Waals surface area contributed by atoms with Crippen LogP contribution < -0.4 is 10.5 Å². The molecule has 1 aromatic rings. The van der Waals surface area contributed by atoms with Crippen molar-refractivity contribution < 1.29 is 4.74 Å². The summed E-state index contributed by atoms with van der Waals surface area (Å²) in [4.78, 5) is 2.16. The molecule has 0 bridgehead atoms. The van der Waals surface area contributed by atoms with Gasteiger partial charge in [0.15, 0.2) is 0 Å². The third-order valence-electron chi connectivity index (χ3n) is 4.09. The first-order chi connectivity index (χ1) is 9.05. The molecule has 3 nitrogen and oxygen atoms in total. The van der Waals surface area contributed by atoms with Crippen LogP contribution in [-0.2, 0) is 12.1 Å². The summed E-state index contributed by atoms with van der Waals surface area (Å²) in [6, 6.07) is 6.45. The molecule has 0 heterocycles. The van der Waals surface area contributed by atoms with E-state index in [2.05, 4.69) is 37.2 Å². The van der Waals surface area contributed by atoms with Crippen molar-refractivity contribution in [2.24, 2.45) is 5.73 Å². The monoisotopic (exact) mass is 262 g/mol. The molecule has 2 rings (SSSR count). The van der Waals surface area contributed by atoms with Crippen molar-refractivity contribution in [3.63, 3.8) is 0 Å². The molecule has 0 radical (unpaired) electrons. The average molecular weight is 262 g/mol. The summed E-state index contributed by atoms with van der Waals surface area (Å²) < 4.78 is 5.45. The van der Waals surface area contributed by atoms with Gasteiger partial charge >= 0.3 is 0 Å². The Kier molecular flexibility index (Phi) is 4.48. The second-order valence-corrected chi connectivity index (χ2v) is 5.98. The zero-order valence-electron chi connectivity index (χ0n) is 12.4. The lowest BCUT2D eigenvalue weighted by molar-refractivity contribution is 0.301. The summed E-state index contributed by atoms with van der Waals surface area (Å²) in [5.74, 6) is 0.955. The summed E-state index contributed by atoms with van der Waals surface area (Å²) in [7, 11) is 5.88. The van der Waals surface area contributed by atoms with Crippen LogP contribution >= 0.6 is 0 Å². The van der Waals surface area contributed by atoms with Gasteiger partial charge in [-0.05, 0) is 44.6 Å². The Hall–Kier alpha value is -1.06. The van der Waals surface area contributed by atoms with Gasteiger partial charge in [0.1, 0.15) is 5.75 Å². The van der Waals surface area contributed by atoms with Crippen LogP contribution in [0.1, 0.15) is 43.2 Å². The molecule has 0 aromatic heterocycles. The Balaban J connectivity index is 2.31. The first-order valence-corrected chi connectivity index (χ1v) is 7.16. The molecule has 0 spiro atoms. The lowest BCUT2D eigenvalue weighted by Gasteiger charge is -2.34. The Morgan fingerprint density at radius 3 is 2.47 bits per heavy atom. The van der Waals surface area contributed by atoms with Crippen molar-refractivity contribution in [3.8, 4) is 5.75 Å². The highest BCUT2D eigenvalue weighted by molar-refractivity contribution is 5.40. The summed E-state index contributed by atoms with van der Waals surface area (Å²) in [5, 5.41) is 0. The molecule has 3 heteroatoms. The van der Waals surface area contributed by atoms with Crippen LogP contribution in [0.2, 0.25) is 0 Å². The van der Waals surface area contributed by atoms with Gasteiger partial charge in [0.2, 0.25) is 0 Å². The molecule has 19 heavy (non-hydrogen) atoms. The van der Waals surface area contributed by atoms with Gasteiger partial charge in [-0.25, -0.2) is 0 Å². The van der Waals surface area contributed by atoms with Gasteiger partial charge in [-0.15, -0.1) is 0 Å². The second kappa shape index (κ2) is 5.93. The van der Waals surface area contributed by atoms with E-state index in [0.29, 0.717) is 0 Å². The average Bonchev–Trinajstić information content (AvgIpc) is 2.39. The minimum absolute atomic E-state index is 0.133. The molecule has 0 aliphatic heterocycles. The van der Waals surface area contributed by atoms with Crippen LogP contribution in [0, 0.1) is 0 Å². The minimum Gasteiger partial charge on any atom is -0.496 e. The largest absolute Gasteiger partial charge is 0.496 e. The second-order valence-electron chi connectivity index (χ2n) is 5.98. The fourth-order valence-electron chi connectivity index (χ4n) is 3.02. The van der Waals surface area contributed by atoms with Gasteiger partial charge < -0.3 is 15.4 Å². The Morgan fingerprint density at radius 1 is 1.21 bits per heavy atom. The molecular formula is C16H26N2O. The zero-order valence-corrected chi connectivity index (χ0v) is 12.4. The Labute approximate surface area is 116 Å². The summed E-state index contributed by atoms with van der Waals surface area (Å²) in [6.07, 6.45) is 6.00. The number of nitrogens with zero attached hydrogens (tertiary/aromatic N) is 1. The number of hydrogen-bond donors (Lipinski definition) is 1. The fourth-order valence-corrected chi connectivity index (χ4v) is 3.02. The highest BCUT2D eigenvalue weighted by atomic mass is 16.5. The maximum Gasteiger partial charge on any atom is 0.123 e. The topological polar surface area (TPSA) is 38.5 Å².